The number of nitrogens with zero attached hydrogens (tertiary/aromatic N) is 1. The van der Waals surface area contributed by atoms with Gasteiger partial charge in [-0.2, -0.15) is 11.8 Å². The van der Waals surface area contributed by atoms with E-state index in [0.717, 1.165) is 12.5 Å². The van der Waals surface area contributed by atoms with Crippen molar-refractivity contribution in [3.05, 3.63) is 0 Å². The van der Waals surface area contributed by atoms with E-state index in [1.54, 1.807) is 0 Å². The van der Waals surface area contributed by atoms with Gasteiger partial charge in [-0.25, -0.2) is 0 Å². The van der Waals surface area contributed by atoms with Crippen molar-refractivity contribution in [2.75, 3.05) is 38.7 Å². The highest BCUT2D eigenvalue weighted by atomic mass is 32.2. The molecule has 2 nitrogen and oxygen atoms in total. The Morgan fingerprint density at radius 2 is 2.12 bits per heavy atom. The Kier molecular flexibility index (Phi) is 6.32. The SMILES string of the molecule is CCNC1C(CN(C)CCSC)CCC1(C)C. The predicted octanol–water partition coefficient (Wildman–Crippen LogP) is 2.70. The van der Waals surface area contributed by atoms with Gasteiger partial charge in [0, 0.05) is 24.9 Å². The minimum Gasteiger partial charge on any atom is -0.313 e. The molecule has 1 saturated carbocycles. The van der Waals surface area contributed by atoms with Crippen molar-refractivity contribution in [3.63, 3.8) is 0 Å². The molecule has 0 bridgehead atoms. The zero-order valence-corrected chi connectivity index (χ0v) is 13.1. The van der Waals surface area contributed by atoms with Crippen molar-refractivity contribution >= 4 is 11.8 Å². The molecule has 0 aliphatic heterocycles. The lowest BCUT2D eigenvalue weighted by molar-refractivity contribution is 0.210. The zero-order valence-electron chi connectivity index (χ0n) is 12.3. The van der Waals surface area contributed by atoms with Gasteiger partial charge in [-0.15, -0.1) is 0 Å². The summed E-state index contributed by atoms with van der Waals surface area (Å²) < 4.78 is 0. The van der Waals surface area contributed by atoms with Crippen LogP contribution < -0.4 is 5.32 Å². The maximum absolute atomic E-state index is 3.71. The van der Waals surface area contributed by atoms with E-state index in [1.807, 2.05) is 11.8 Å². The standard InChI is InChI=1S/C14H30N2S/c1-6-15-13-12(7-8-14(13,2)3)11-16(4)9-10-17-5/h12-13,15H,6-11H2,1-5H3. The molecule has 102 valence electrons. The highest BCUT2D eigenvalue weighted by molar-refractivity contribution is 7.98. The maximum Gasteiger partial charge on any atom is 0.0159 e. The van der Waals surface area contributed by atoms with E-state index in [1.165, 1.54) is 31.7 Å². The van der Waals surface area contributed by atoms with Crippen LogP contribution in [0.2, 0.25) is 0 Å². The first-order chi connectivity index (χ1) is 8.01. The molecule has 0 amide bonds. The topological polar surface area (TPSA) is 15.3 Å². The minimum absolute atomic E-state index is 0.473. The Morgan fingerprint density at radius 3 is 2.71 bits per heavy atom. The van der Waals surface area contributed by atoms with Crippen LogP contribution in [0.3, 0.4) is 0 Å². The Morgan fingerprint density at radius 1 is 1.41 bits per heavy atom. The van der Waals surface area contributed by atoms with Crippen molar-refractivity contribution in [2.24, 2.45) is 11.3 Å². The summed E-state index contributed by atoms with van der Waals surface area (Å²) in [5, 5.41) is 3.71. The summed E-state index contributed by atoms with van der Waals surface area (Å²) in [5.41, 5.74) is 0.473. The van der Waals surface area contributed by atoms with Gasteiger partial charge in [0.2, 0.25) is 0 Å². The highest BCUT2D eigenvalue weighted by Crippen LogP contribution is 2.41. The van der Waals surface area contributed by atoms with Gasteiger partial charge < -0.3 is 10.2 Å². The molecule has 2 unspecified atom stereocenters. The summed E-state index contributed by atoms with van der Waals surface area (Å²) in [6.45, 7) is 10.6. The quantitative estimate of drug-likeness (QED) is 0.756. The molecule has 1 aliphatic rings. The van der Waals surface area contributed by atoms with Crippen molar-refractivity contribution in [1.29, 1.82) is 0 Å². The summed E-state index contributed by atoms with van der Waals surface area (Å²) in [4.78, 5) is 2.51. The van der Waals surface area contributed by atoms with Crippen molar-refractivity contribution in [3.8, 4) is 0 Å². The van der Waals surface area contributed by atoms with Crippen LogP contribution in [0.4, 0.5) is 0 Å². The van der Waals surface area contributed by atoms with Crippen molar-refractivity contribution < 1.29 is 0 Å². The smallest absolute Gasteiger partial charge is 0.0159 e. The van der Waals surface area contributed by atoms with Crippen LogP contribution in [0.15, 0.2) is 0 Å². The van der Waals surface area contributed by atoms with Crippen LogP contribution in [0.5, 0.6) is 0 Å². The van der Waals surface area contributed by atoms with E-state index in [4.69, 9.17) is 0 Å². The van der Waals surface area contributed by atoms with E-state index in [9.17, 15) is 0 Å². The van der Waals surface area contributed by atoms with Gasteiger partial charge >= 0.3 is 0 Å². The second-order valence-electron chi connectivity index (χ2n) is 6.08. The Labute approximate surface area is 112 Å². The van der Waals surface area contributed by atoms with Gasteiger partial charge in [-0.1, -0.05) is 20.8 Å². The van der Waals surface area contributed by atoms with Gasteiger partial charge in [0.25, 0.3) is 0 Å². The predicted molar refractivity (Wildman–Crippen MR) is 79.8 cm³/mol. The van der Waals surface area contributed by atoms with Crippen LogP contribution >= 0.6 is 11.8 Å². The van der Waals surface area contributed by atoms with E-state index in [0.29, 0.717) is 11.5 Å². The van der Waals surface area contributed by atoms with Gasteiger partial charge in [0.15, 0.2) is 0 Å². The number of hydrogen-bond acceptors (Lipinski definition) is 3. The lowest BCUT2D eigenvalue weighted by Crippen LogP contribution is -2.45. The van der Waals surface area contributed by atoms with E-state index >= 15 is 0 Å². The Hall–Kier alpha value is 0.270. The molecule has 3 heteroatoms. The fourth-order valence-corrected chi connectivity index (χ4v) is 3.61. The lowest BCUT2D eigenvalue weighted by atomic mass is 9.84. The molecule has 0 radical (unpaired) electrons. The second-order valence-corrected chi connectivity index (χ2v) is 7.06. The van der Waals surface area contributed by atoms with Gasteiger partial charge in [0.05, 0.1) is 0 Å². The molecule has 0 saturated heterocycles. The van der Waals surface area contributed by atoms with E-state index in [2.05, 4.69) is 44.3 Å². The molecule has 0 aromatic heterocycles. The van der Waals surface area contributed by atoms with Crippen LogP contribution in [0, 0.1) is 11.3 Å². The number of rotatable bonds is 7. The summed E-state index contributed by atoms with van der Waals surface area (Å²) in [6.07, 6.45) is 4.94. The number of thioether (sulfide) groups is 1. The van der Waals surface area contributed by atoms with Crippen LogP contribution in [-0.2, 0) is 0 Å². The first-order valence-electron chi connectivity index (χ1n) is 6.92. The Balaban J connectivity index is 2.46. The van der Waals surface area contributed by atoms with Gasteiger partial charge in [-0.3, -0.25) is 0 Å². The summed E-state index contributed by atoms with van der Waals surface area (Å²) in [6, 6.07) is 0.698. The molecule has 1 aliphatic carbocycles. The molecule has 0 heterocycles. The minimum atomic E-state index is 0.473. The molecule has 2 atom stereocenters. The molecular weight excluding hydrogens is 228 g/mol. The highest BCUT2D eigenvalue weighted by Gasteiger charge is 2.41. The molecule has 1 fully saturated rings. The van der Waals surface area contributed by atoms with Crippen LogP contribution in [-0.4, -0.2) is 49.6 Å². The summed E-state index contributed by atoms with van der Waals surface area (Å²) in [5.74, 6) is 2.08. The normalized spacial score (nSPS) is 27.9. The molecule has 0 spiro atoms. The van der Waals surface area contributed by atoms with Gasteiger partial charge in [-0.05, 0) is 44.0 Å². The van der Waals surface area contributed by atoms with Crippen molar-refractivity contribution in [2.45, 2.75) is 39.7 Å². The summed E-state index contributed by atoms with van der Waals surface area (Å²) in [7, 11) is 2.27. The third-order valence-electron chi connectivity index (χ3n) is 4.12. The van der Waals surface area contributed by atoms with E-state index in [-0.39, 0.29) is 0 Å². The molecule has 17 heavy (non-hydrogen) atoms. The largest absolute Gasteiger partial charge is 0.313 e. The first-order valence-corrected chi connectivity index (χ1v) is 8.31. The van der Waals surface area contributed by atoms with E-state index < -0.39 is 0 Å². The van der Waals surface area contributed by atoms with Gasteiger partial charge in [0.1, 0.15) is 0 Å². The maximum atomic E-state index is 3.71. The summed E-state index contributed by atoms with van der Waals surface area (Å²) >= 11 is 1.94. The fraction of sp³-hybridized carbons (Fsp3) is 1.00. The average molecular weight is 258 g/mol. The molecular formula is C14H30N2S. The second kappa shape index (κ2) is 7.01. The first kappa shape index (κ1) is 15.3. The van der Waals surface area contributed by atoms with Crippen LogP contribution in [0.25, 0.3) is 0 Å². The molecule has 0 aromatic carbocycles. The van der Waals surface area contributed by atoms with Crippen LogP contribution in [0.1, 0.15) is 33.6 Å². The lowest BCUT2D eigenvalue weighted by Gasteiger charge is -2.33. The fourth-order valence-electron chi connectivity index (χ4n) is 3.12. The number of hydrogen-bond donors (Lipinski definition) is 1. The molecule has 1 rings (SSSR count). The third-order valence-corrected chi connectivity index (χ3v) is 4.71. The zero-order chi connectivity index (χ0) is 12.9. The monoisotopic (exact) mass is 258 g/mol. The molecule has 1 N–H and O–H groups in total. The average Bonchev–Trinajstić information content (AvgIpc) is 2.54. The molecule has 0 aromatic rings. The number of nitrogens with one attached hydrogen (secondary N) is 1. The third kappa shape index (κ3) is 4.46. The Bertz CT molecular complexity index is 218. The van der Waals surface area contributed by atoms with Crippen molar-refractivity contribution in [1.82, 2.24) is 10.2 Å².